The third-order valence-electron chi connectivity index (χ3n) is 3.11. The first kappa shape index (κ1) is 15.9. The van der Waals surface area contributed by atoms with Gasteiger partial charge in [0.05, 0.1) is 6.20 Å². The van der Waals surface area contributed by atoms with Gasteiger partial charge in [-0.2, -0.15) is 0 Å². The Kier molecular flexibility index (Phi) is 5.70. The second-order valence-corrected chi connectivity index (χ2v) is 5.68. The van der Waals surface area contributed by atoms with E-state index in [9.17, 15) is 4.39 Å². The van der Waals surface area contributed by atoms with Gasteiger partial charge < -0.3 is 10.1 Å². The summed E-state index contributed by atoms with van der Waals surface area (Å²) in [5.41, 5.74) is 1.78. The van der Waals surface area contributed by atoms with Crippen molar-refractivity contribution in [3.8, 4) is 5.75 Å². The largest absolute Gasteiger partial charge is 0.488 e. The molecule has 1 aromatic carbocycles. The normalized spacial score (nSPS) is 12.2. The van der Waals surface area contributed by atoms with Crippen molar-refractivity contribution in [1.82, 2.24) is 10.3 Å². The van der Waals surface area contributed by atoms with Crippen molar-refractivity contribution in [2.45, 2.75) is 26.5 Å². The van der Waals surface area contributed by atoms with Gasteiger partial charge in [-0.1, -0.05) is 28.9 Å². The van der Waals surface area contributed by atoms with E-state index in [0.29, 0.717) is 5.56 Å². The molecule has 0 spiro atoms. The quantitative estimate of drug-likeness (QED) is 0.844. The van der Waals surface area contributed by atoms with Gasteiger partial charge in [0.2, 0.25) is 0 Å². The van der Waals surface area contributed by atoms with Crippen molar-refractivity contribution in [1.29, 1.82) is 0 Å². The SMILES string of the molecule is CCNC(C)c1ccc(Br)cc1OCc1cncc(F)c1. The Hall–Kier alpha value is -1.46. The van der Waals surface area contributed by atoms with E-state index in [1.165, 1.54) is 12.3 Å². The molecule has 1 heterocycles. The fraction of sp³-hybridized carbons (Fsp3) is 0.312. The summed E-state index contributed by atoms with van der Waals surface area (Å²) < 4.78 is 19.9. The molecule has 1 aromatic heterocycles. The summed E-state index contributed by atoms with van der Waals surface area (Å²) in [5, 5.41) is 3.36. The zero-order chi connectivity index (χ0) is 15.2. The summed E-state index contributed by atoms with van der Waals surface area (Å²) in [7, 11) is 0. The van der Waals surface area contributed by atoms with Crippen molar-refractivity contribution in [2.24, 2.45) is 0 Å². The molecule has 0 amide bonds. The van der Waals surface area contributed by atoms with Crippen LogP contribution in [-0.4, -0.2) is 11.5 Å². The van der Waals surface area contributed by atoms with E-state index in [1.54, 1.807) is 6.20 Å². The van der Waals surface area contributed by atoms with Crippen molar-refractivity contribution in [2.75, 3.05) is 6.54 Å². The first-order valence-corrected chi connectivity index (χ1v) is 7.64. The van der Waals surface area contributed by atoms with Crippen LogP contribution >= 0.6 is 15.9 Å². The van der Waals surface area contributed by atoms with Crippen LogP contribution in [0.15, 0.2) is 41.1 Å². The Balaban J connectivity index is 2.16. The van der Waals surface area contributed by atoms with Crippen LogP contribution in [0.5, 0.6) is 5.75 Å². The second kappa shape index (κ2) is 7.52. The van der Waals surface area contributed by atoms with Gasteiger partial charge >= 0.3 is 0 Å². The van der Waals surface area contributed by atoms with Crippen molar-refractivity contribution in [3.05, 3.63) is 58.1 Å². The number of halogens is 2. The fourth-order valence-electron chi connectivity index (χ4n) is 2.10. The molecule has 1 atom stereocenters. The number of nitrogens with zero attached hydrogens (tertiary/aromatic N) is 1. The van der Waals surface area contributed by atoms with Gasteiger partial charge in [0.1, 0.15) is 18.2 Å². The Labute approximate surface area is 132 Å². The van der Waals surface area contributed by atoms with E-state index in [4.69, 9.17) is 4.74 Å². The van der Waals surface area contributed by atoms with Gasteiger partial charge in [-0.25, -0.2) is 4.39 Å². The molecular weight excluding hydrogens is 335 g/mol. The van der Waals surface area contributed by atoms with Crippen LogP contribution in [0.3, 0.4) is 0 Å². The van der Waals surface area contributed by atoms with Crippen molar-refractivity contribution >= 4 is 15.9 Å². The highest BCUT2D eigenvalue weighted by Gasteiger charge is 2.11. The average molecular weight is 353 g/mol. The molecule has 0 aliphatic carbocycles. The predicted octanol–water partition coefficient (Wildman–Crippen LogP) is 4.23. The first-order valence-electron chi connectivity index (χ1n) is 6.85. The molecule has 1 N–H and O–H groups in total. The van der Waals surface area contributed by atoms with Gasteiger partial charge in [-0.15, -0.1) is 0 Å². The number of hydrogen-bond donors (Lipinski definition) is 1. The molecular formula is C16H18BrFN2O. The minimum absolute atomic E-state index is 0.184. The zero-order valence-corrected chi connectivity index (χ0v) is 13.7. The van der Waals surface area contributed by atoms with E-state index in [0.717, 1.165) is 22.3 Å². The molecule has 21 heavy (non-hydrogen) atoms. The molecule has 0 saturated carbocycles. The van der Waals surface area contributed by atoms with E-state index in [1.807, 2.05) is 18.2 Å². The lowest BCUT2D eigenvalue weighted by Crippen LogP contribution is -2.18. The van der Waals surface area contributed by atoms with Crippen LogP contribution < -0.4 is 10.1 Å². The number of ether oxygens (including phenoxy) is 1. The lowest BCUT2D eigenvalue weighted by atomic mass is 10.1. The average Bonchev–Trinajstić information content (AvgIpc) is 2.45. The van der Waals surface area contributed by atoms with Crippen LogP contribution in [0.2, 0.25) is 0 Å². The van der Waals surface area contributed by atoms with E-state index >= 15 is 0 Å². The molecule has 3 nitrogen and oxygen atoms in total. The lowest BCUT2D eigenvalue weighted by molar-refractivity contribution is 0.298. The smallest absolute Gasteiger partial charge is 0.141 e. The summed E-state index contributed by atoms with van der Waals surface area (Å²) in [6, 6.07) is 7.55. The maximum Gasteiger partial charge on any atom is 0.141 e. The molecule has 112 valence electrons. The third kappa shape index (κ3) is 4.51. The van der Waals surface area contributed by atoms with Gasteiger partial charge in [0, 0.05) is 27.8 Å². The summed E-state index contributed by atoms with van der Waals surface area (Å²) in [5.74, 6) is 0.425. The summed E-state index contributed by atoms with van der Waals surface area (Å²) in [6.07, 6.45) is 2.79. The summed E-state index contributed by atoms with van der Waals surface area (Å²) in [6.45, 7) is 5.31. The molecule has 0 radical (unpaired) electrons. The van der Waals surface area contributed by atoms with Gasteiger partial charge in [0.25, 0.3) is 0 Å². The molecule has 0 aliphatic heterocycles. The number of hydrogen-bond acceptors (Lipinski definition) is 3. The van der Waals surface area contributed by atoms with E-state index in [2.05, 4.69) is 40.1 Å². The maximum absolute atomic E-state index is 13.1. The number of rotatable bonds is 6. The monoisotopic (exact) mass is 352 g/mol. The van der Waals surface area contributed by atoms with Crippen molar-refractivity contribution < 1.29 is 9.13 Å². The third-order valence-corrected chi connectivity index (χ3v) is 3.60. The van der Waals surface area contributed by atoms with Gasteiger partial charge in [-0.3, -0.25) is 4.98 Å². The summed E-state index contributed by atoms with van der Waals surface area (Å²) in [4.78, 5) is 3.82. The molecule has 2 rings (SSSR count). The van der Waals surface area contributed by atoms with E-state index < -0.39 is 0 Å². The number of nitrogens with one attached hydrogen (secondary N) is 1. The Morgan fingerprint density at radius 3 is 2.86 bits per heavy atom. The predicted molar refractivity (Wildman–Crippen MR) is 84.8 cm³/mol. The molecule has 2 aromatic rings. The van der Waals surface area contributed by atoms with Gasteiger partial charge in [-0.05, 0) is 31.7 Å². The standard InChI is InChI=1S/C16H18BrFN2O/c1-3-20-11(2)15-5-4-13(17)7-16(15)21-10-12-6-14(18)9-19-8-12/h4-9,11,20H,3,10H2,1-2H3. The van der Waals surface area contributed by atoms with Crippen LogP contribution in [0.25, 0.3) is 0 Å². The molecule has 0 aliphatic rings. The van der Waals surface area contributed by atoms with Crippen LogP contribution in [0.4, 0.5) is 4.39 Å². The molecule has 0 bridgehead atoms. The number of pyridine rings is 1. The van der Waals surface area contributed by atoms with Gasteiger partial charge in [0.15, 0.2) is 0 Å². The lowest BCUT2D eigenvalue weighted by Gasteiger charge is -2.18. The highest BCUT2D eigenvalue weighted by Crippen LogP contribution is 2.29. The van der Waals surface area contributed by atoms with Crippen molar-refractivity contribution in [3.63, 3.8) is 0 Å². The maximum atomic E-state index is 13.1. The first-order chi connectivity index (χ1) is 10.1. The highest BCUT2D eigenvalue weighted by atomic mass is 79.9. The second-order valence-electron chi connectivity index (χ2n) is 4.76. The highest BCUT2D eigenvalue weighted by molar-refractivity contribution is 9.10. The topological polar surface area (TPSA) is 34.1 Å². The zero-order valence-electron chi connectivity index (χ0n) is 12.1. The minimum Gasteiger partial charge on any atom is -0.488 e. The molecule has 1 unspecified atom stereocenters. The molecule has 0 saturated heterocycles. The van der Waals surface area contributed by atoms with Crippen LogP contribution in [0.1, 0.15) is 31.0 Å². The van der Waals surface area contributed by atoms with Crippen LogP contribution in [0, 0.1) is 5.82 Å². The summed E-state index contributed by atoms with van der Waals surface area (Å²) >= 11 is 3.45. The van der Waals surface area contributed by atoms with E-state index in [-0.39, 0.29) is 18.5 Å². The Morgan fingerprint density at radius 2 is 2.14 bits per heavy atom. The number of aromatic nitrogens is 1. The Bertz CT molecular complexity index is 607. The number of benzene rings is 1. The molecule has 5 heteroatoms. The van der Waals surface area contributed by atoms with Crippen LogP contribution in [-0.2, 0) is 6.61 Å². The fourth-order valence-corrected chi connectivity index (χ4v) is 2.44. The Morgan fingerprint density at radius 1 is 1.33 bits per heavy atom. The molecule has 0 fully saturated rings. The minimum atomic E-state index is -0.355.